The van der Waals surface area contributed by atoms with Crippen LogP contribution in [0.4, 0.5) is 5.82 Å². The van der Waals surface area contributed by atoms with E-state index in [2.05, 4.69) is 18.8 Å². The molecule has 0 aliphatic carbocycles. The van der Waals surface area contributed by atoms with Gasteiger partial charge in [0.1, 0.15) is 30.9 Å². The van der Waals surface area contributed by atoms with Crippen LogP contribution in [0, 0.1) is 0 Å². The Kier molecular flexibility index (Phi) is 26.5. The zero-order chi connectivity index (χ0) is 40.2. The average molecular weight is 802 g/mol. The summed E-state index contributed by atoms with van der Waals surface area (Å²) in [6.07, 6.45) is 22.6. The second kappa shape index (κ2) is 29.8. The molecule has 1 saturated heterocycles. The highest BCUT2D eigenvalue weighted by Crippen LogP contribution is 2.48. The van der Waals surface area contributed by atoms with E-state index in [-0.39, 0.29) is 31.7 Å². The molecule has 0 aromatic carbocycles. The monoisotopic (exact) mass is 801 g/mol. The first-order chi connectivity index (χ1) is 26.6. The van der Waals surface area contributed by atoms with Crippen LogP contribution in [0.3, 0.4) is 0 Å². The van der Waals surface area contributed by atoms with Crippen molar-refractivity contribution in [3.8, 4) is 0 Å². The highest BCUT2D eigenvalue weighted by Gasteiger charge is 2.42. The summed E-state index contributed by atoms with van der Waals surface area (Å²) >= 11 is 0. The molecule has 2 heterocycles. The number of phosphoric acid groups is 1. The third kappa shape index (κ3) is 22.8. The van der Waals surface area contributed by atoms with E-state index in [0.29, 0.717) is 12.8 Å². The fraction of sp³-hybridized carbons (Fsp3) is 0.850. The van der Waals surface area contributed by atoms with Crippen molar-refractivity contribution in [2.24, 2.45) is 0 Å². The van der Waals surface area contributed by atoms with Crippen molar-refractivity contribution in [3.63, 3.8) is 0 Å². The summed E-state index contributed by atoms with van der Waals surface area (Å²) in [5.41, 5.74) is 4.87. The molecule has 0 radical (unpaired) electrons. The lowest BCUT2D eigenvalue weighted by Gasteiger charge is -2.22. The van der Waals surface area contributed by atoms with Gasteiger partial charge in [0.05, 0.1) is 13.2 Å². The number of aliphatic hydroxyl groups excluding tert-OH is 1. The second-order valence-electron chi connectivity index (χ2n) is 14.9. The first-order valence-electron chi connectivity index (χ1n) is 21.2. The lowest BCUT2D eigenvalue weighted by atomic mass is 10.1. The van der Waals surface area contributed by atoms with Crippen LogP contribution in [0.2, 0.25) is 0 Å². The molecule has 0 saturated carbocycles. The minimum Gasteiger partial charge on any atom is -0.462 e. The summed E-state index contributed by atoms with van der Waals surface area (Å²) in [4.78, 5) is 51.9. The van der Waals surface area contributed by atoms with E-state index in [1.165, 1.54) is 102 Å². The van der Waals surface area contributed by atoms with Crippen molar-refractivity contribution in [1.82, 2.24) is 9.55 Å². The van der Waals surface area contributed by atoms with Crippen LogP contribution in [0.25, 0.3) is 0 Å². The summed E-state index contributed by atoms with van der Waals surface area (Å²) < 4.78 is 41.4. The molecule has 1 aromatic heterocycles. The molecular formula is C40H72N3O11P. The molecule has 5 atom stereocenters. The minimum absolute atomic E-state index is 0.0211. The predicted molar refractivity (Wildman–Crippen MR) is 212 cm³/mol. The number of unbranched alkanes of at least 4 members (excludes halogenated alkanes) is 20. The quantitative estimate of drug-likeness (QED) is 0.0341. The van der Waals surface area contributed by atoms with Gasteiger partial charge in [-0.2, -0.15) is 4.98 Å². The van der Waals surface area contributed by atoms with Gasteiger partial charge in [-0.1, -0.05) is 142 Å². The van der Waals surface area contributed by atoms with Crippen LogP contribution < -0.4 is 11.4 Å². The summed E-state index contributed by atoms with van der Waals surface area (Å²) in [5.74, 6) is -0.944. The third-order valence-electron chi connectivity index (χ3n) is 9.91. The number of phosphoric ester groups is 1. The molecule has 1 aliphatic rings. The molecule has 0 bridgehead atoms. The fourth-order valence-corrected chi connectivity index (χ4v) is 7.64. The molecule has 0 amide bonds. The Morgan fingerprint density at radius 2 is 1.33 bits per heavy atom. The van der Waals surface area contributed by atoms with Gasteiger partial charge in [0.25, 0.3) is 0 Å². The van der Waals surface area contributed by atoms with Gasteiger partial charge in [0.15, 0.2) is 6.10 Å². The molecule has 318 valence electrons. The first kappa shape index (κ1) is 48.8. The summed E-state index contributed by atoms with van der Waals surface area (Å²) in [7, 11) is -4.81. The number of nitrogens with two attached hydrogens (primary N) is 1. The molecule has 15 heteroatoms. The predicted octanol–water partition coefficient (Wildman–Crippen LogP) is 8.46. The van der Waals surface area contributed by atoms with Crippen LogP contribution >= 0.6 is 7.82 Å². The normalized spacial score (nSPS) is 18.6. The molecule has 1 aromatic rings. The van der Waals surface area contributed by atoms with Crippen LogP contribution in [0.15, 0.2) is 17.1 Å². The van der Waals surface area contributed by atoms with Gasteiger partial charge in [0, 0.05) is 25.5 Å². The highest BCUT2D eigenvalue weighted by molar-refractivity contribution is 7.47. The minimum atomic E-state index is -4.81. The standard InChI is InChI=1S/C40H72N3O11P/c1-3-5-7-9-11-13-15-17-19-21-23-25-38(45)50-31-33(52-39(46)26-24-22-20-18-16-14-12-10-8-6-4-2)32-51-55(48,49)54-34-29-37(53-35(34)30-44)43-28-27-36(41)42-40(43)47/h27-28,33-35,37,44H,3-26,29-32H2,1-2H3,(H,48,49)(H2,41,42,47)/t33-,34+,35-,37-/m1/s1. The average Bonchev–Trinajstić information content (AvgIpc) is 3.55. The Hall–Kier alpha value is -2.35. The van der Waals surface area contributed by atoms with E-state index in [4.69, 9.17) is 29.0 Å². The number of aliphatic hydroxyl groups is 1. The molecule has 1 unspecified atom stereocenters. The Balaban J connectivity index is 1.82. The number of aromatic nitrogens is 2. The van der Waals surface area contributed by atoms with Gasteiger partial charge in [-0.25, -0.2) is 9.36 Å². The second-order valence-corrected chi connectivity index (χ2v) is 16.3. The lowest BCUT2D eigenvalue weighted by molar-refractivity contribution is -0.161. The van der Waals surface area contributed by atoms with Crippen molar-refractivity contribution >= 4 is 25.6 Å². The van der Waals surface area contributed by atoms with Gasteiger partial charge in [-0.15, -0.1) is 0 Å². The number of ether oxygens (including phenoxy) is 3. The van der Waals surface area contributed by atoms with Crippen molar-refractivity contribution in [2.45, 2.75) is 199 Å². The third-order valence-corrected chi connectivity index (χ3v) is 10.9. The number of carbonyl (C=O) groups excluding carboxylic acids is 2. The molecule has 1 aliphatic heterocycles. The van der Waals surface area contributed by atoms with E-state index in [1.54, 1.807) is 0 Å². The molecule has 0 spiro atoms. The fourth-order valence-electron chi connectivity index (χ4n) is 6.66. The van der Waals surface area contributed by atoms with Crippen molar-refractivity contribution in [1.29, 1.82) is 0 Å². The van der Waals surface area contributed by atoms with Crippen LogP contribution in [0.5, 0.6) is 0 Å². The Bertz CT molecular complexity index is 1280. The number of nitrogen functional groups attached to an aromatic ring is 1. The molecular weight excluding hydrogens is 729 g/mol. The van der Waals surface area contributed by atoms with Gasteiger partial charge in [-0.05, 0) is 18.9 Å². The first-order valence-corrected chi connectivity index (χ1v) is 22.7. The van der Waals surface area contributed by atoms with E-state index < -0.39 is 63.2 Å². The number of hydrogen-bond acceptors (Lipinski definition) is 12. The summed E-state index contributed by atoms with van der Waals surface area (Å²) in [6, 6.07) is 1.40. The van der Waals surface area contributed by atoms with Crippen molar-refractivity contribution in [2.75, 3.05) is 25.6 Å². The maximum Gasteiger partial charge on any atom is 0.472 e. The molecule has 55 heavy (non-hydrogen) atoms. The maximum absolute atomic E-state index is 13.1. The van der Waals surface area contributed by atoms with E-state index >= 15 is 0 Å². The van der Waals surface area contributed by atoms with Crippen LogP contribution in [-0.2, 0) is 37.4 Å². The Morgan fingerprint density at radius 3 is 1.82 bits per heavy atom. The van der Waals surface area contributed by atoms with E-state index in [1.807, 2.05) is 0 Å². The SMILES string of the molecule is CCCCCCCCCCCCCC(=O)OC[C@H](COP(=O)(O)O[C@H]1C[C@H](n2ccc(N)nc2=O)O[C@@H]1CO)OC(=O)CCCCCCCCCCCCC. The lowest BCUT2D eigenvalue weighted by Crippen LogP contribution is -2.31. The zero-order valence-corrected chi connectivity index (χ0v) is 34.6. The largest absolute Gasteiger partial charge is 0.472 e. The number of carbonyl (C=O) groups is 2. The van der Waals surface area contributed by atoms with Gasteiger partial charge in [0.2, 0.25) is 0 Å². The smallest absolute Gasteiger partial charge is 0.462 e. The topological polar surface area (TPSA) is 199 Å². The highest BCUT2D eigenvalue weighted by atomic mass is 31.2. The van der Waals surface area contributed by atoms with Crippen molar-refractivity contribution < 1.29 is 47.4 Å². The molecule has 2 rings (SSSR count). The van der Waals surface area contributed by atoms with Gasteiger partial charge < -0.3 is 29.9 Å². The van der Waals surface area contributed by atoms with E-state index in [9.17, 15) is 28.9 Å². The number of hydrogen-bond donors (Lipinski definition) is 3. The molecule has 4 N–H and O–H groups in total. The number of anilines is 1. The summed E-state index contributed by atoms with van der Waals surface area (Å²) in [5, 5.41) is 9.84. The number of esters is 2. The van der Waals surface area contributed by atoms with Gasteiger partial charge >= 0.3 is 25.5 Å². The number of nitrogens with zero attached hydrogens (tertiary/aromatic N) is 2. The molecule has 1 fully saturated rings. The Labute approximate surface area is 329 Å². The van der Waals surface area contributed by atoms with Crippen LogP contribution in [0.1, 0.15) is 181 Å². The van der Waals surface area contributed by atoms with Crippen molar-refractivity contribution in [3.05, 3.63) is 22.7 Å². The number of rotatable bonds is 34. The van der Waals surface area contributed by atoms with Crippen LogP contribution in [-0.4, -0.2) is 69.6 Å². The Morgan fingerprint density at radius 1 is 0.836 bits per heavy atom. The summed E-state index contributed by atoms with van der Waals surface area (Å²) in [6.45, 7) is 2.95. The maximum atomic E-state index is 13.1. The van der Waals surface area contributed by atoms with E-state index in [0.717, 1.165) is 43.1 Å². The zero-order valence-electron chi connectivity index (χ0n) is 33.8. The van der Waals surface area contributed by atoms with Gasteiger partial charge in [-0.3, -0.25) is 23.2 Å². The molecule has 14 nitrogen and oxygen atoms in total.